The van der Waals surface area contributed by atoms with Gasteiger partial charge in [0.1, 0.15) is 0 Å². The Bertz CT molecular complexity index is 537. The highest BCUT2D eigenvalue weighted by atomic mass is 35.5. The van der Waals surface area contributed by atoms with Crippen LogP contribution in [0, 0.1) is 0 Å². The van der Waals surface area contributed by atoms with Crippen LogP contribution in [0.5, 0.6) is 0 Å². The van der Waals surface area contributed by atoms with Gasteiger partial charge >= 0.3 is 0 Å². The molecule has 0 aliphatic carbocycles. The van der Waals surface area contributed by atoms with Crippen LogP contribution in [0.15, 0.2) is 22.7 Å². The van der Waals surface area contributed by atoms with E-state index < -0.39 is 0 Å². The van der Waals surface area contributed by atoms with Gasteiger partial charge in [0.15, 0.2) is 11.6 Å². The van der Waals surface area contributed by atoms with Crippen LogP contribution in [-0.2, 0) is 6.42 Å². The van der Waals surface area contributed by atoms with E-state index in [0.29, 0.717) is 21.6 Å². The van der Waals surface area contributed by atoms with Crippen LogP contribution in [-0.4, -0.2) is 5.16 Å². The zero-order chi connectivity index (χ0) is 12.4. The molecule has 17 heavy (non-hydrogen) atoms. The molecule has 0 amide bonds. The van der Waals surface area contributed by atoms with Crippen molar-refractivity contribution in [2.75, 3.05) is 5.73 Å². The molecule has 0 radical (unpaired) electrons. The molecule has 0 bridgehead atoms. The predicted octanol–water partition coefficient (Wildman–Crippen LogP) is 4.18. The zero-order valence-electron chi connectivity index (χ0n) is 9.34. The number of aromatic nitrogens is 1. The van der Waals surface area contributed by atoms with Crippen LogP contribution in [0.2, 0.25) is 10.0 Å². The molecule has 3 nitrogen and oxygen atoms in total. The molecule has 1 aromatic carbocycles. The molecule has 0 spiro atoms. The van der Waals surface area contributed by atoms with Crippen LogP contribution in [0.1, 0.15) is 18.9 Å². The number of hydrogen-bond acceptors (Lipinski definition) is 3. The number of halogens is 2. The van der Waals surface area contributed by atoms with Gasteiger partial charge in [-0.1, -0.05) is 47.8 Å². The zero-order valence-corrected chi connectivity index (χ0v) is 10.8. The van der Waals surface area contributed by atoms with Crippen molar-refractivity contribution >= 4 is 29.0 Å². The Morgan fingerprint density at radius 2 is 2.12 bits per heavy atom. The minimum Gasteiger partial charge on any atom is -0.381 e. The monoisotopic (exact) mass is 270 g/mol. The van der Waals surface area contributed by atoms with Crippen LogP contribution < -0.4 is 5.73 Å². The van der Waals surface area contributed by atoms with Gasteiger partial charge in [-0.05, 0) is 18.6 Å². The van der Waals surface area contributed by atoms with Gasteiger partial charge in [-0.25, -0.2) is 0 Å². The smallest absolute Gasteiger partial charge is 0.173 e. The maximum absolute atomic E-state index is 6.15. The highest BCUT2D eigenvalue weighted by molar-refractivity contribution is 6.43. The Balaban J connectivity index is 2.56. The quantitative estimate of drug-likeness (QED) is 0.910. The normalized spacial score (nSPS) is 10.8. The maximum atomic E-state index is 6.15. The van der Waals surface area contributed by atoms with Crippen molar-refractivity contribution in [2.45, 2.75) is 19.8 Å². The fraction of sp³-hybridized carbons (Fsp3) is 0.250. The highest BCUT2D eigenvalue weighted by Crippen LogP contribution is 2.37. The first-order valence-electron chi connectivity index (χ1n) is 5.33. The summed E-state index contributed by atoms with van der Waals surface area (Å²) < 4.78 is 5.25. The Morgan fingerprint density at radius 1 is 1.35 bits per heavy atom. The molecule has 0 saturated carbocycles. The second-order valence-corrected chi connectivity index (χ2v) is 4.51. The molecule has 0 unspecified atom stereocenters. The van der Waals surface area contributed by atoms with Crippen molar-refractivity contribution in [3.63, 3.8) is 0 Å². The molecule has 2 rings (SSSR count). The minimum absolute atomic E-state index is 0.415. The van der Waals surface area contributed by atoms with E-state index in [1.807, 2.05) is 12.1 Å². The van der Waals surface area contributed by atoms with Gasteiger partial charge in [-0.3, -0.25) is 0 Å². The minimum atomic E-state index is 0.415. The maximum Gasteiger partial charge on any atom is 0.173 e. The lowest BCUT2D eigenvalue weighted by Crippen LogP contribution is -1.93. The number of benzene rings is 1. The largest absolute Gasteiger partial charge is 0.381 e. The standard InChI is InChI=1S/C12H12Cl2N2O/c1-2-4-8-11(17-16-12(8)15)7-5-3-6-9(13)10(7)14/h3,5-6H,2,4H2,1H3,(H2,15,16). The summed E-state index contributed by atoms with van der Waals surface area (Å²) in [5.74, 6) is 1.02. The third-order valence-corrected chi connectivity index (χ3v) is 3.33. The van der Waals surface area contributed by atoms with Gasteiger partial charge in [-0.15, -0.1) is 0 Å². The van der Waals surface area contributed by atoms with E-state index in [9.17, 15) is 0 Å². The Labute approximate surface area is 109 Å². The summed E-state index contributed by atoms with van der Waals surface area (Å²) in [7, 11) is 0. The lowest BCUT2D eigenvalue weighted by atomic mass is 10.0. The number of nitrogens with two attached hydrogens (primary N) is 1. The average molecular weight is 271 g/mol. The van der Waals surface area contributed by atoms with Gasteiger partial charge < -0.3 is 10.3 Å². The SMILES string of the molecule is CCCc1c(N)noc1-c1cccc(Cl)c1Cl. The van der Waals surface area contributed by atoms with Crippen LogP contribution in [0.25, 0.3) is 11.3 Å². The van der Waals surface area contributed by atoms with E-state index in [4.69, 9.17) is 33.5 Å². The lowest BCUT2D eigenvalue weighted by molar-refractivity contribution is 0.435. The summed E-state index contributed by atoms with van der Waals surface area (Å²) >= 11 is 12.1. The van der Waals surface area contributed by atoms with Gasteiger partial charge in [0.25, 0.3) is 0 Å². The molecule has 90 valence electrons. The van der Waals surface area contributed by atoms with Crippen LogP contribution in [0.3, 0.4) is 0 Å². The number of rotatable bonds is 3. The van der Waals surface area contributed by atoms with E-state index in [1.165, 1.54) is 0 Å². The predicted molar refractivity (Wildman–Crippen MR) is 70.4 cm³/mol. The first-order chi connectivity index (χ1) is 8.15. The van der Waals surface area contributed by atoms with Gasteiger partial charge in [0.05, 0.1) is 10.0 Å². The molecular weight excluding hydrogens is 259 g/mol. The molecule has 0 saturated heterocycles. The first-order valence-corrected chi connectivity index (χ1v) is 6.09. The molecule has 0 atom stereocenters. The van der Waals surface area contributed by atoms with E-state index in [0.717, 1.165) is 24.0 Å². The highest BCUT2D eigenvalue weighted by Gasteiger charge is 2.18. The second-order valence-electron chi connectivity index (χ2n) is 3.73. The Morgan fingerprint density at radius 3 is 2.82 bits per heavy atom. The lowest BCUT2D eigenvalue weighted by Gasteiger charge is -2.04. The van der Waals surface area contributed by atoms with Gasteiger partial charge in [0, 0.05) is 11.1 Å². The second kappa shape index (κ2) is 4.98. The third-order valence-electron chi connectivity index (χ3n) is 2.51. The molecule has 0 aliphatic rings. The first kappa shape index (κ1) is 12.3. The molecule has 2 N–H and O–H groups in total. The summed E-state index contributed by atoms with van der Waals surface area (Å²) in [5.41, 5.74) is 7.39. The topological polar surface area (TPSA) is 52.0 Å². The van der Waals surface area contributed by atoms with Crippen LogP contribution >= 0.6 is 23.2 Å². The van der Waals surface area contributed by atoms with Crippen molar-refractivity contribution in [3.8, 4) is 11.3 Å². The number of nitrogens with zero attached hydrogens (tertiary/aromatic N) is 1. The Kier molecular flexibility index (Phi) is 3.60. The summed E-state index contributed by atoms with van der Waals surface area (Å²) in [5, 5.41) is 4.73. The Hall–Kier alpha value is -1.19. The van der Waals surface area contributed by atoms with Crippen molar-refractivity contribution in [1.82, 2.24) is 5.16 Å². The number of anilines is 1. The fourth-order valence-electron chi connectivity index (χ4n) is 1.70. The molecular formula is C12H12Cl2N2O. The van der Waals surface area contributed by atoms with Crippen molar-refractivity contribution in [1.29, 1.82) is 0 Å². The molecule has 2 aromatic rings. The van der Waals surface area contributed by atoms with E-state index in [2.05, 4.69) is 12.1 Å². The molecule has 1 aromatic heterocycles. The van der Waals surface area contributed by atoms with Crippen molar-refractivity contribution < 1.29 is 4.52 Å². The van der Waals surface area contributed by atoms with Crippen molar-refractivity contribution in [3.05, 3.63) is 33.8 Å². The van der Waals surface area contributed by atoms with E-state index in [1.54, 1.807) is 6.07 Å². The van der Waals surface area contributed by atoms with Crippen molar-refractivity contribution in [2.24, 2.45) is 0 Å². The van der Waals surface area contributed by atoms with Crippen LogP contribution in [0.4, 0.5) is 5.82 Å². The molecule has 1 heterocycles. The van der Waals surface area contributed by atoms with E-state index >= 15 is 0 Å². The van der Waals surface area contributed by atoms with Gasteiger partial charge in [-0.2, -0.15) is 0 Å². The summed E-state index contributed by atoms with van der Waals surface area (Å²) in [6.07, 6.45) is 1.75. The summed E-state index contributed by atoms with van der Waals surface area (Å²) in [4.78, 5) is 0. The number of hydrogen-bond donors (Lipinski definition) is 1. The third kappa shape index (κ3) is 2.26. The number of nitrogen functional groups attached to an aromatic ring is 1. The van der Waals surface area contributed by atoms with Gasteiger partial charge in [0.2, 0.25) is 0 Å². The molecule has 5 heteroatoms. The molecule has 0 fully saturated rings. The average Bonchev–Trinajstić information content (AvgIpc) is 2.66. The van der Waals surface area contributed by atoms with E-state index in [-0.39, 0.29) is 0 Å². The summed E-state index contributed by atoms with van der Waals surface area (Å²) in [6, 6.07) is 5.39. The fourth-order valence-corrected chi connectivity index (χ4v) is 2.09. The molecule has 0 aliphatic heterocycles. The summed E-state index contributed by atoms with van der Waals surface area (Å²) in [6.45, 7) is 2.07.